The topological polar surface area (TPSA) is 52.6 Å². The molecule has 20 heavy (non-hydrogen) atoms. The monoisotopic (exact) mass is 296 g/mol. The number of nitrogens with zero attached hydrogens (tertiary/aromatic N) is 1. The lowest BCUT2D eigenvalue weighted by atomic mass is 10.00. The van der Waals surface area contributed by atoms with Gasteiger partial charge in [-0.05, 0) is 43.7 Å². The summed E-state index contributed by atoms with van der Waals surface area (Å²) < 4.78 is 0. The summed E-state index contributed by atoms with van der Waals surface area (Å²) in [5, 5.41) is 14.1. The quantitative estimate of drug-likeness (QED) is 0.804. The van der Waals surface area contributed by atoms with Gasteiger partial charge in [-0.3, -0.25) is 9.69 Å². The molecule has 1 atom stereocenters. The van der Waals surface area contributed by atoms with Crippen LogP contribution in [0.25, 0.3) is 0 Å². The van der Waals surface area contributed by atoms with E-state index in [0.717, 1.165) is 32.2 Å². The predicted octanol–water partition coefficient (Wildman–Crippen LogP) is 1.64. The number of hydrogen-bond acceptors (Lipinski definition) is 4. The average molecular weight is 296 g/mol. The molecule has 0 aromatic carbocycles. The maximum Gasteiger partial charge on any atom is 0.234 e. The average Bonchev–Trinajstić information content (AvgIpc) is 2.94. The van der Waals surface area contributed by atoms with Crippen LogP contribution in [-0.4, -0.2) is 48.2 Å². The summed E-state index contributed by atoms with van der Waals surface area (Å²) in [5.74, 6) is 0.103. The molecule has 0 bridgehead atoms. The van der Waals surface area contributed by atoms with Crippen molar-refractivity contribution in [2.24, 2.45) is 0 Å². The Hall–Kier alpha value is -0.910. The van der Waals surface area contributed by atoms with Gasteiger partial charge in [-0.2, -0.15) is 0 Å². The molecule has 1 saturated heterocycles. The minimum absolute atomic E-state index is 0.103. The first kappa shape index (κ1) is 15.5. The van der Waals surface area contributed by atoms with Crippen molar-refractivity contribution < 1.29 is 9.90 Å². The van der Waals surface area contributed by atoms with E-state index in [1.54, 1.807) is 11.3 Å². The molecule has 2 N–H and O–H groups in total. The lowest BCUT2D eigenvalue weighted by Crippen LogP contribution is -2.46. The lowest BCUT2D eigenvalue weighted by Gasteiger charge is -2.34. The number of likely N-dealkylation sites (tertiary alicyclic amines) is 1. The van der Waals surface area contributed by atoms with Crippen molar-refractivity contribution in [3.63, 3.8) is 0 Å². The van der Waals surface area contributed by atoms with Crippen LogP contribution in [0.4, 0.5) is 0 Å². The van der Waals surface area contributed by atoms with Gasteiger partial charge in [0.05, 0.1) is 6.54 Å². The first-order chi connectivity index (χ1) is 9.79. The van der Waals surface area contributed by atoms with Crippen LogP contribution in [0.15, 0.2) is 17.5 Å². The van der Waals surface area contributed by atoms with E-state index in [1.807, 2.05) is 6.07 Å². The largest absolute Gasteiger partial charge is 0.396 e. The third kappa shape index (κ3) is 4.89. The third-order valence-electron chi connectivity index (χ3n) is 3.83. The molecule has 1 aliphatic heterocycles. The van der Waals surface area contributed by atoms with Gasteiger partial charge in [-0.15, -0.1) is 11.3 Å². The first-order valence-corrected chi connectivity index (χ1v) is 8.31. The molecule has 1 aliphatic rings. The summed E-state index contributed by atoms with van der Waals surface area (Å²) in [4.78, 5) is 15.5. The maximum absolute atomic E-state index is 12.0. The van der Waals surface area contributed by atoms with Crippen LogP contribution in [0.1, 0.15) is 30.6 Å². The van der Waals surface area contributed by atoms with E-state index >= 15 is 0 Å². The second-order valence-electron chi connectivity index (χ2n) is 5.31. The summed E-state index contributed by atoms with van der Waals surface area (Å²) in [6.07, 6.45) is 5.15. The summed E-state index contributed by atoms with van der Waals surface area (Å²) in [6.45, 7) is 2.36. The van der Waals surface area contributed by atoms with E-state index < -0.39 is 0 Å². The Morgan fingerprint density at radius 3 is 3.15 bits per heavy atom. The number of carbonyl (C=O) groups is 1. The van der Waals surface area contributed by atoms with Crippen molar-refractivity contribution >= 4 is 17.2 Å². The zero-order valence-corrected chi connectivity index (χ0v) is 12.7. The van der Waals surface area contributed by atoms with E-state index in [1.165, 1.54) is 11.3 Å². The van der Waals surface area contributed by atoms with Crippen LogP contribution in [-0.2, 0) is 11.2 Å². The smallest absolute Gasteiger partial charge is 0.234 e. The van der Waals surface area contributed by atoms with Gasteiger partial charge in [0.2, 0.25) is 5.91 Å². The number of amides is 1. The molecule has 1 aromatic rings. The number of rotatable bonds is 7. The van der Waals surface area contributed by atoms with E-state index in [0.29, 0.717) is 19.1 Å². The fourth-order valence-corrected chi connectivity index (χ4v) is 3.47. The fraction of sp³-hybridized carbons (Fsp3) is 0.667. The second kappa shape index (κ2) is 8.39. The van der Waals surface area contributed by atoms with Gasteiger partial charge < -0.3 is 10.4 Å². The molecule has 2 heterocycles. The number of thiophene rings is 1. The number of aliphatic hydroxyl groups is 1. The van der Waals surface area contributed by atoms with Gasteiger partial charge in [-0.25, -0.2) is 0 Å². The molecule has 0 saturated carbocycles. The summed E-state index contributed by atoms with van der Waals surface area (Å²) in [5.41, 5.74) is 0. The van der Waals surface area contributed by atoms with Gasteiger partial charge in [0.15, 0.2) is 0 Å². The van der Waals surface area contributed by atoms with Crippen molar-refractivity contribution in [2.45, 2.75) is 38.1 Å². The number of aliphatic hydroxyl groups excluding tert-OH is 1. The number of hydrogen-bond donors (Lipinski definition) is 2. The predicted molar refractivity (Wildman–Crippen MR) is 81.9 cm³/mol. The molecule has 1 amide bonds. The Labute approximate surface area is 124 Å². The van der Waals surface area contributed by atoms with Crippen LogP contribution in [0.3, 0.4) is 0 Å². The second-order valence-corrected chi connectivity index (χ2v) is 6.34. The molecule has 1 fully saturated rings. The highest BCUT2D eigenvalue weighted by atomic mass is 32.1. The Balaban J connectivity index is 1.69. The number of carbonyl (C=O) groups excluding carboxylic acids is 1. The van der Waals surface area contributed by atoms with Gasteiger partial charge in [0, 0.05) is 24.1 Å². The Bertz CT molecular complexity index is 393. The van der Waals surface area contributed by atoms with Crippen LogP contribution < -0.4 is 5.32 Å². The van der Waals surface area contributed by atoms with Crippen LogP contribution in [0, 0.1) is 0 Å². The minimum Gasteiger partial charge on any atom is -0.396 e. The van der Waals surface area contributed by atoms with Crippen molar-refractivity contribution in [2.75, 3.05) is 26.2 Å². The molecule has 2 rings (SSSR count). The van der Waals surface area contributed by atoms with Crippen LogP contribution in [0.5, 0.6) is 0 Å². The summed E-state index contributed by atoms with van der Waals surface area (Å²) in [6, 6.07) is 4.50. The van der Waals surface area contributed by atoms with Crippen molar-refractivity contribution in [1.82, 2.24) is 10.2 Å². The Kier molecular flexibility index (Phi) is 6.50. The normalized spacial score (nSPS) is 19.9. The van der Waals surface area contributed by atoms with E-state index in [-0.39, 0.29) is 12.5 Å². The number of nitrogens with one attached hydrogen (secondary N) is 1. The fourth-order valence-electron chi connectivity index (χ4n) is 2.76. The molecule has 0 radical (unpaired) electrons. The SMILES string of the molecule is O=C(CN1CCCC[C@H]1CCO)NCCc1cccs1. The third-order valence-corrected chi connectivity index (χ3v) is 4.77. The van der Waals surface area contributed by atoms with Gasteiger partial charge in [0.1, 0.15) is 0 Å². The van der Waals surface area contributed by atoms with E-state index in [9.17, 15) is 4.79 Å². The highest BCUT2D eigenvalue weighted by Crippen LogP contribution is 2.18. The zero-order chi connectivity index (χ0) is 14.2. The molecule has 0 unspecified atom stereocenters. The summed E-state index contributed by atoms with van der Waals surface area (Å²) >= 11 is 1.73. The van der Waals surface area contributed by atoms with Gasteiger partial charge in [0.25, 0.3) is 0 Å². The lowest BCUT2D eigenvalue weighted by molar-refractivity contribution is -0.123. The molecule has 0 spiro atoms. The number of piperidine rings is 1. The highest BCUT2D eigenvalue weighted by Gasteiger charge is 2.23. The molecule has 112 valence electrons. The molecule has 5 heteroatoms. The standard InChI is InChI=1S/C15H24N2O2S/c18-10-7-13-4-1-2-9-17(13)12-15(19)16-8-6-14-5-3-11-20-14/h3,5,11,13,18H,1-2,4,6-10,12H2,(H,16,19)/t13-/m0/s1. The van der Waals surface area contributed by atoms with E-state index in [4.69, 9.17) is 5.11 Å². The zero-order valence-electron chi connectivity index (χ0n) is 11.9. The Morgan fingerprint density at radius 2 is 2.40 bits per heavy atom. The van der Waals surface area contributed by atoms with Crippen LogP contribution >= 0.6 is 11.3 Å². The molecule has 1 aromatic heterocycles. The van der Waals surface area contributed by atoms with Crippen molar-refractivity contribution in [3.05, 3.63) is 22.4 Å². The van der Waals surface area contributed by atoms with E-state index in [2.05, 4.69) is 21.7 Å². The molecule has 4 nitrogen and oxygen atoms in total. The Morgan fingerprint density at radius 1 is 1.50 bits per heavy atom. The van der Waals surface area contributed by atoms with Crippen molar-refractivity contribution in [3.8, 4) is 0 Å². The summed E-state index contributed by atoms with van der Waals surface area (Å²) in [7, 11) is 0. The highest BCUT2D eigenvalue weighted by molar-refractivity contribution is 7.09. The van der Waals surface area contributed by atoms with Gasteiger partial charge >= 0.3 is 0 Å². The van der Waals surface area contributed by atoms with Crippen molar-refractivity contribution in [1.29, 1.82) is 0 Å². The van der Waals surface area contributed by atoms with Gasteiger partial charge in [-0.1, -0.05) is 12.5 Å². The van der Waals surface area contributed by atoms with Crippen LogP contribution in [0.2, 0.25) is 0 Å². The minimum atomic E-state index is 0.103. The maximum atomic E-state index is 12.0. The molecular formula is C15H24N2O2S. The molecule has 0 aliphatic carbocycles. The molecular weight excluding hydrogens is 272 g/mol. The first-order valence-electron chi connectivity index (χ1n) is 7.43.